The maximum atomic E-state index is 10.9. The van der Waals surface area contributed by atoms with Crippen LogP contribution >= 0.6 is 0 Å². The molecule has 0 unspecified atom stereocenters. The number of likely N-dealkylation sites (tertiary alicyclic amines) is 1. The number of hydrogen-bond acceptors (Lipinski definition) is 4. The Bertz CT molecular complexity index is 339. The van der Waals surface area contributed by atoms with Crippen LogP contribution in [0.1, 0.15) is 19.8 Å². The van der Waals surface area contributed by atoms with Gasteiger partial charge in [0.15, 0.2) is 0 Å². The fourth-order valence-corrected chi connectivity index (χ4v) is 2.42. The van der Waals surface area contributed by atoms with Crippen LogP contribution in [-0.2, 0) is 14.3 Å². The van der Waals surface area contributed by atoms with E-state index < -0.39 is 22.3 Å². The summed E-state index contributed by atoms with van der Waals surface area (Å²) in [7, 11) is -3.45. The van der Waals surface area contributed by atoms with Crippen molar-refractivity contribution in [2.24, 2.45) is 0 Å². The lowest BCUT2D eigenvalue weighted by Gasteiger charge is -2.34. The molecule has 0 spiro atoms. The molecule has 7 heteroatoms. The monoisotopic (exact) mass is 237 g/mol. The summed E-state index contributed by atoms with van der Waals surface area (Å²) in [6, 6.07) is -0.206. The van der Waals surface area contributed by atoms with Crippen LogP contribution in [0, 0.1) is 0 Å². The second-order valence-electron chi connectivity index (χ2n) is 3.77. The number of piperidine rings is 1. The third kappa shape index (κ3) is 3.67. The van der Waals surface area contributed by atoms with Gasteiger partial charge in [-0.15, -0.1) is 0 Å². The Hall–Kier alpha value is -0.820. The highest BCUT2D eigenvalue weighted by atomic mass is 32.2. The molecule has 0 aromatic rings. The number of hydrogen-bond donors (Lipinski definition) is 1. The molecule has 1 fully saturated rings. The molecule has 0 radical (unpaired) electrons. The van der Waals surface area contributed by atoms with Gasteiger partial charge in [0, 0.05) is 12.6 Å². The zero-order valence-corrected chi connectivity index (χ0v) is 9.53. The first-order valence-electron chi connectivity index (χ1n) is 4.67. The van der Waals surface area contributed by atoms with Gasteiger partial charge in [-0.1, -0.05) is 0 Å². The predicted octanol–water partition coefficient (Wildman–Crippen LogP) is 0.494. The summed E-state index contributed by atoms with van der Waals surface area (Å²) >= 11 is 0. The Morgan fingerprint density at radius 1 is 1.53 bits per heavy atom. The van der Waals surface area contributed by atoms with Gasteiger partial charge < -0.3 is 10.0 Å². The first kappa shape index (κ1) is 12.3. The van der Waals surface area contributed by atoms with Crippen LogP contribution in [0.3, 0.4) is 0 Å². The lowest BCUT2D eigenvalue weighted by Crippen LogP contribution is -2.46. The van der Waals surface area contributed by atoms with Crippen molar-refractivity contribution in [1.82, 2.24) is 4.90 Å². The second-order valence-corrected chi connectivity index (χ2v) is 5.37. The van der Waals surface area contributed by atoms with E-state index in [1.807, 2.05) is 0 Å². The van der Waals surface area contributed by atoms with E-state index in [1.54, 1.807) is 6.92 Å². The van der Waals surface area contributed by atoms with E-state index in [1.165, 1.54) is 4.90 Å². The van der Waals surface area contributed by atoms with Crippen molar-refractivity contribution in [3.05, 3.63) is 0 Å². The predicted molar refractivity (Wildman–Crippen MR) is 53.1 cm³/mol. The van der Waals surface area contributed by atoms with E-state index in [4.69, 9.17) is 9.29 Å². The van der Waals surface area contributed by atoms with Gasteiger partial charge in [-0.05, 0) is 19.8 Å². The number of amides is 1. The molecule has 0 aromatic carbocycles. The lowest BCUT2D eigenvalue weighted by molar-refractivity contribution is 0.0640. The van der Waals surface area contributed by atoms with Crippen LogP contribution in [0.5, 0.6) is 0 Å². The first-order chi connectivity index (χ1) is 6.79. The van der Waals surface area contributed by atoms with Crippen molar-refractivity contribution >= 4 is 16.2 Å². The highest BCUT2D eigenvalue weighted by Gasteiger charge is 2.30. The van der Waals surface area contributed by atoms with Crippen molar-refractivity contribution in [1.29, 1.82) is 0 Å². The maximum absolute atomic E-state index is 10.9. The standard InChI is InChI=1S/C8H15NO5S/c1-6-5-7(14-15(2,12)13)3-4-9(6)8(10)11/h6-7H,3-5H2,1-2H3,(H,10,11)/t6-,7-/m1/s1. The van der Waals surface area contributed by atoms with E-state index in [9.17, 15) is 13.2 Å². The number of carbonyl (C=O) groups is 1. The molecule has 1 aliphatic rings. The lowest BCUT2D eigenvalue weighted by atomic mass is 10.0. The molecular formula is C8H15NO5S. The summed E-state index contributed by atoms with van der Waals surface area (Å²) in [5, 5.41) is 8.79. The van der Waals surface area contributed by atoms with Crippen molar-refractivity contribution in [2.75, 3.05) is 12.8 Å². The highest BCUT2D eigenvalue weighted by molar-refractivity contribution is 7.86. The second kappa shape index (κ2) is 4.36. The average molecular weight is 237 g/mol. The topological polar surface area (TPSA) is 83.9 Å². The number of carboxylic acid groups (broad SMARTS) is 1. The molecule has 1 heterocycles. The number of nitrogens with zero attached hydrogens (tertiary/aromatic N) is 1. The third-order valence-electron chi connectivity index (χ3n) is 2.38. The molecule has 0 aromatic heterocycles. The molecule has 15 heavy (non-hydrogen) atoms. The van der Waals surface area contributed by atoms with Crippen LogP contribution in [0.2, 0.25) is 0 Å². The van der Waals surface area contributed by atoms with E-state index in [-0.39, 0.29) is 6.04 Å². The fourth-order valence-electron chi connectivity index (χ4n) is 1.75. The molecular weight excluding hydrogens is 222 g/mol. The quantitative estimate of drug-likeness (QED) is 0.707. The van der Waals surface area contributed by atoms with Gasteiger partial charge in [-0.25, -0.2) is 4.79 Å². The van der Waals surface area contributed by atoms with Crippen LogP contribution in [0.4, 0.5) is 4.79 Å². The summed E-state index contributed by atoms with van der Waals surface area (Å²) in [4.78, 5) is 12.0. The van der Waals surface area contributed by atoms with E-state index in [2.05, 4.69) is 0 Å². The molecule has 1 aliphatic heterocycles. The van der Waals surface area contributed by atoms with Crippen LogP contribution in [-0.4, -0.2) is 49.5 Å². The van der Waals surface area contributed by atoms with Gasteiger partial charge in [0.25, 0.3) is 10.1 Å². The number of rotatable bonds is 2. The molecule has 1 amide bonds. The SMILES string of the molecule is C[C@@H]1C[C@H](OS(C)(=O)=O)CCN1C(=O)O. The summed E-state index contributed by atoms with van der Waals surface area (Å²) in [6.07, 6.45) is 0.468. The van der Waals surface area contributed by atoms with Gasteiger partial charge >= 0.3 is 6.09 Å². The Morgan fingerprint density at radius 3 is 2.53 bits per heavy atom. The fraction of sp³-hybridized carbons (Fsp3) is 0.875. The van der Waals surface area contributed by atoms with E-state index in [0.29, 0.717) is 19.4 Å². The van der Waals surface area contributed by atoms with Crippen molar-refractivity contribution in [2.45, 2.75) is 31.9 Å². The van der Waals surface area contributed by atoms with Crippen LogP contribution in [0.15, 0.2) is 0 Å². The normalized spacial score (nSPS) is 27.7. The Morgan fingerprint density at radius 2 is 2.13 bits per heavy atom. The van der Waals surface area contributed by atoms with Gasteiger partial charge in [-0.3, -0.25) is 4.18 Å². The van der Waals surface area contributed by atoms with Crippen molar-refractivity contribution in [3.8, 4) is 0 Å². The molecule has 0 saturated carbocycles. The molecule has 0 bridgehead atoms. The molecule has 1 rings (SSSR count). The van der Waals surface area contributed by atoms with Crippen molar-refractivity contribution in [3.63, 3.8) is 0 Å². The van der Waals surface area contributed by atoms with Gasteiger partial charge in [0.2, 0.25) is 0 Å². The minimum Gasteiger partial charge on any atom is -0.465 e. The van der Waals surface area contributed by atoms with E-state index in [0.717, 1.165) is 6.26 Å². The average Bonchev–Trinajstić information content (AvgIpc) is 1.99. The molecule has 1 saturated heterocycles. The Kier molecular flexibility index (Phi) is 3.56. The molecule has 6 nitrogen and oxygen atoms in total. The third-order valence-corrected chi connectivity index (χ3v) is 3.01. The van der Waals surface area contributed by atoms with Crippen LogP contribution < -0.4 is 0 Å². The molecule has 88 valence electrons. The molecule has 0 aliphatic carbocycles. The van der Waals surface area contributed by atoms with Gasteiger partial charge in [-0.2, -0.15) is 8.42 Å². The Balaban J connectivity index is 2.55. The largest absolute Gasteiger partial charge is 0.465 e. The summed E-state index contributed by atoms with van der Waals surface area (Å²) < 4.78 is 26.6. The zero-order chi connectivity index (χ0) is 11.6. The molecule has 2 atom stereocenters. The summed E-state index contributed by atoms with van der Waals surface area (Å²) in [5.74, 6) is 0. The molecule has 1 N–H and O–H groups in total. The van der Waals surface area contributed by atoms with Gasteiger partial charge in [0.05, 0.1) is 12.4 Å². The summed E-state index contributed by atoms with van der Waals surface area (Å²) in [5.41, 5.74) is 0. The Labute approximate surface area is 89.0 Å². The van der Waals surface area contributed by atoms with Crippen molar-refractivity contribution < 1.29 is 22.5 Å². The van der Waals surface area contributed by atoms with Gasteiger partial charge in [0.1, 0.15) is 0 Å². The first-order valence-corrected chi connectivity index (χ1v) is 6.49. The smallest absolute Gasteiger partial charge is 0.407 e. The van der Waals surface area contributed by atoms with E-state index >= 15 is 0 Å². The minimum atomic E-state index is -3.45. The zero-order valence-electron chi connectivity index (χ0n) is 8.71. The maximum Gasteiger partial charge on any atom is 0.407 e. The van der Waals surface area contributed by atoms with Crippen LogP contribution in [0.25, 0.3) is 0 Å². The minimum absolute atomic E-state index is 0.206. The summed E-state index contributed by atoms with van der Waals surface area (Å²) in [6.45, 7) is 2.06. The highest BCUT2D eigenvalue weighted by Crippen LogP contribution is 2.20.